The second-order valence-electron chi connectivity index (χ2n) is 6.05. The van der Waals surface area contributed by atoms with Gasteiger partial charge in [0.05, 0.1) is 7.11 Å². The summed E-state index contributed by atoms with van der Waals surface area (Å²) in [5.41, 5.74) is 1.25. The van der Waals surface area contributed by atoms with Crippen LogP contribution < -0.4 is 14.8 Å². The molecule has 5 heteroatoms. The average molecular weight is 342 g/mol. The van der Waals surface area contributed by atoms with Crippen molar-refractivity contribution in [1.29, 1.82) is 0 Å². The summed E-state index contributed by atoms with van der Waals surface area (Å²) in [5, 5.41) is 2.95. The Bertz CT molecular complexity index is 659. The molecule has 134 valence electrons. The Morgan fingerprint density at radius 2 is 1.68 bits per heavy atom. The van der Waals surface area contributed by atoms with Crippen LogP contribution in [0.5, 0.6) is 11.5 Å². The summed E-state index contributed by atoms with van der Waals surface area (Å²) in [4.78, 5) is 14.2. The molecule has 0 aliphatic heterocycles. The van der Waals surface area contributed by atoms with Crippen molar-refractivity contribution in [2.75, 3.05) is 34.4 Å². The third kappa shape index (κ3) is 6.12. The van der Waals surface area contributed by atoms with Crippen LogP contribution in [-0.2, 0) is 11.2 Å². The van der Waals surface area contributed by atoms with Crippen molar-refractivity contribution >= 4 is 5.91 Å². The smallest absolute Gasteiger partial charge is 0.257 e. The molecule has 25 heavy (non-hydrogen) atoms. The minimum absolute atomic E-state index is 0.0359. The van der Waals surface area contributed by atoms with Crippen molar-refractivity contribution in [3.05, 3.63) is 60.2 Å². The normalized spacial score (nSPS) is 11.8. The van der Waals surface area contributed by atoms with Gasteiger partial charge in [-0.3, -0.25) is 4.79 Å². The van der Waals surface area contributed by atoms with Crippen LogP contribution in [0.3, 0.4) is 0 Å². The zero-order valence-electron chi connectivity index (χ0n) is 15.1. The van der Waals surface area contributed by atoms with Crippen molar-refractivity contribution < 1.29 is 14.3 Å². The lowest BCUT2D eigenvalue weighted by atomic mass is 10.1. The molecule has 0 aromatic heterocycles. The highest BCUT2D eigenvalue weighted by Crippen LogP contribution is 2.25. The number of methoxy groups -OCH3 is 1. The highest BCUT2D eigenvalue weighted by molar-refractivity contribution is 5.77. The molecule has 2 aromatic carbocycles. The first kappa shape index (κ1) is 18.8. The number of benzene rings is 2. The zero-order valence-corrected chi connectivity index (χ0v) is 15.1. The van der Waals surface area contributed by atoms with E-state index in [1.165, 1.54) is 5.56 Å². The van der Waals surface area contributed by atoms with Gasteiger partial charge in [0, 0.05) is 12.6 Å². The highest BCUT2D eigenvalue weighted by atomic mass is 16.5. The minimum Gasteiger partial charge on any atom is -0.493 e. The number of hydrogen-bond acceptors (Lipinski definition) is 4. The fraction of sp³-hybridized carbons (Fsp3) is 0.350. The molecule has 2 rings (SSSR count). The number of amides is 1. The minimum atomic E-state index is -0.147. The number of carbonyl (C=O) groups is 1. The third-order valence-electron chi connectivity index (χ3n) is 4.01. The van der Waals surface area contributed by atoms with Crippen molar-refractivity contribution in [2.24, 2.45) is 0 Å². The first-order valence-corrected chi connectivity index (χ1v) is 8.33. The van der Waals surface area contributed by atoms with Gasteiger partial charge in [0.2, 0.25) is 0 Å². The molecule has 0 bridgehead atoms. The van der Waals surface area contributed by atoms with Crippen molar-refractivity contribution in [3.63, 3.8) is 0 Å². The van der Waals surface area contributed by atoms with Crippen LogP contribution in [0.15, 0.2) is 54.6 Å². The van der Waals surface area contributed by atoms with Gasteiger partial charge in [-0.25, -0.2) is 0 Å². The maximum atomic E-state index is 12.1. The van der Waals surface area contributed by atoms with Crippen molar-refractivity contribution in [3.8, 4) is 11.5 Å². The van der Waals surface area contributed by atoms with Gasteiger partial charge in [0.25, 0.3) is 5.91 Å². The van der Waals surface area contributed by atoms with Crippen molar-refractivity contribution in [1.82, 2.24) is 10.2 Å². The summed E-state index contributed by atoms with van der Waals surface area (Å²) in [5.74, 6) is 1.03. The second kappa shape index (κ2) is 9.69. The molecule has 0 heterocycles. The number of hydrogen-bond donors (Lipinski definition) is 1. The molecule has 0 saturated carbocycles. The number of ether oxygens (including phenoxy) is 2. The number of nitrogens with zero attached hydrogens (tertiary/aromatic N) is 1. The number of para-hydroxylation sites is 2. The summed E-state index contributed by atoms with van der Waals surface area (Å²) in [6, 6.07) is 17.8. The van der Waals surface area contributed by atoms with E-state index in [1.807, 2.05) is 44.4 Å². The lowest BCUT2D eigenvalue weighted by Crippen LogP contribution is -2.42. The van der Waals surface area contributed by atoms with Crippen LogP contribution in [0.2, 0.25) is 0 Å². The van der Waals surface area contributed by atoms with Gasteiger partial charge in [-0.1, -0.05) is 42.5 Å². The summed E-state index contributed by atoms with van der Waals surface area (Å²) in [6.45, 7) is 0.530. The van der Waals surface area contributed by atoms with Gasteiger partial charge < -0.3 is 19.7 Å². The topological polar surface area (TPSA) is 50.8 Å². The quantitative estimate of drug-likeness (QED) is 0.760. The van der Waals surface area contributed by atoms with Crippen LogP contribution in [0.1, 0.15) is 5.56 Å². The maximum Gasteiger partial charge on any atom is 0.257 e. The second-order valence-corrected chi connectivity index (χ2v) is 6.05. The van der Waals surface area contributed by atoms with E-state index in [1.54, 1.807) is 19.2 Å². The van der Waals surface area contributed by atoms with Crippen molar-refractivity contribution in [2.45, 2.75) is 12.5 Å². The van der Waals surface area contributed by atoms with Crippen LogP contribution in [0.25, 0.3) is 0 Å². The Morgan fingerprint density at radius 1 is 1.04 bits per heavy atom. The van der Waals surface area contributed by atoms with Crippen LogP contribution in [0.4, 0.5) is 0 Å². The van der Waals surface area contributed by atoms with Gasteiger partial charge in [0.15, 0.2) is 18.1 Å². The Morgan fingerprint density at radius 3 is 2.32 bits per heavy atom. The Hall–Kier alpha value is -2.53. The van der Waals surface area contributed by atoms with E-state index in [0.717, 1.165) is 6.42 Å². The van der Waals surface area contributed by atoms with E-state index in [9.17, 15) is 4.79 Å². The maximum absolute atomic E-state index is 12.1. The molecule has 1 atom stereocenters. The monoisotopic (exact) mass is 342 g/mol. The standard InChI is InChI=1S/C20H26N2O3/c1-22(2)17(13-16-9-5-4-6-10-16)14-21-20(23)15-25-19-12-8-7-11-18(19)24-3/h4-12,17H,13-15H2,1-3H3,(H,21,23). The fourth-order valence-electron chi connectivity index (χ4n) is 2.49. The van der Waals surface area contributed by atoms with E-state index in [0.29, 0.717) is 18.0 Å². The lowest BCUT2D eigenvalue weighted by molar-refractivity contribution is -0.123. The summed E-state index contributed by atoms with van der Waals surface area (Å²) in [6.07, 6.45) is 0.876. The molecule has 5 nitrogen and oxygen atoms in total. The largest absolute Gasteiger partial charge is 0.493 e. The number of likely N-dealkylation sites (N-methyl/N-ethyl adjacent to an activating group) is 1. The molecule has 1 unspecified atom stereocenters. The molecule has 1 N–H and O–H groups in total. The summed E-state index contributed by atoms with van der Waals surface area (Å²) < 4.78 is 10.8. The van der Waals surface area contributed by atoms with Gasteiger partial charge in [0.1, 0.15) is 0 Å². The molecule has 0 aliphatic rings. The average Bonchev–Trinajstić information content (AvgIpc) is 2.64. The van der Waals surface area contributed by atoms with Gasteiger partial charge in [-0.15, -0.1) is 0 Å². The predicted molar refractivity (Wildman–Crippen MR) is 99.1 cm³/mol. The third-order valence-corrected chi connectivity index (χ3v) is 4.01. The molecule has 2 aromatic rings. The van der Waals surface area contributed by atoms with E-state index < -0.39 is 0 Å². The first-order valence-electron chi connectivity index (χ1n) is 8.33. The van der Waals surface area contributed by atoms with Crippen LogP contribution in [-0.4, -0.2) is 51.2 Å². The predicted octanol–water partition coefficient (Wildman–Crippen LogP) is 2.36. The Kier molecular flexibility index (Phi) is 7.29. The van der Waals surface area contributed by atoms with Crippen LogP contribution in [0, 0.1) is 0 Å². The van der Waals surface area contributed by atoms with E-state index in [-0.39, 0.29) is 18.6 Å². The molecule has 1 amide bonds. The number of rotatable bonds is 9. The fourth-order valence-corrected chi connectivity index (χ4v) is 2.49. The van der Waals surface area contributed by atoms with Crippen LogP contribution >= 0.6 is 0 Å². The molecular formula is C20H26N2O3. The zero-order chi connectivity index (χ0) is 18.1. The van der Waals surface area contributed by atoms with Gasteiger partial charge >= 0.3 is 0 Å². The molecule has 0 fully saturated rings. The molecule has 0 aliphatic carbocycles. The highest BCUT2D eigenvalue weighted by Gasteiger charge is 2.14. The van der Waals surface area contributed by atoms with E-state index in [4.69, 9.17) is 9.47 Å². The Balaban J connectivity index is 1.82. The van der Waals surface area contributed by atoms with Gasteiger partial charge in [-0.2, -0.15) is 0 Å². The SMILES string of the molecule is COc1ccccc1OCC(=O)NCC(Cc1ccccc1)N(C)C. The van der Waals surface area contributed by atoms with E-state index >= 15 is 0 Å². The Labute approximate surface area is 149 Å². The summed E-state index contributed by atoms with van der Waals surface area (Å²) in [7, 11) is 5.61. The van der Waals surface area contributed by atoms with Gasteiger partial charge in [-0.05, 0) is 38.2 Å². The molecule has 0 spiro atoms. The van der Waals surface area contributed by atoms with E-state index in [2.05, 4.69) is 22.3 Å². The lowest BCUT2D eigenvalue weighted by Gasteiger charge is -2.24. The molecule has 0 saturated heterocycles. The molecule has 0 radical (unpaired) electrons. The first-order chi connectivity index (χ1) is 12.1. The number of carbonyl (C=O) groups excluding carboxylic acids is 1. The molecular weight excluding hydrogens is 316 g/mol. The summed E-state index contributed by atoms with van der Waals surface area (Å²) >= 11 is 0. The number of nitrogens with one attached hydrogen (secondary N) is 1.